The summed E-state index contributed by atoms with van der Waals surface area (Å²) in [6, 6.07) is 7.90. The molecule has 0 saturated heterocycles. The number of carbonyl (C=O) groups excluding carboxylic acids is 2. The first-order chi connectivity index (χ1) is 16.9. The summed E-state index contributed by atoms with van der Waals surface area (Å²) < 4.78 is 12.8. The van der Waals surface area contributed by atoms with Gasteiger partial charge in [0.1, 0.15) is 10.8 Å². The quantitative estimate of drug-likeness (QED) is 0.308. The Morgan fingerprint density at radius 2 is 1.91 bits per heavy atom. The molecule has 0 spiro atoms. The Labute approximate surface area is 213 Å². The average molecular weight is 515 g/mol. The van der Waals surface area contributed by atoms with E-state index in [1.807, 2.05) is 49.7 Å². The molecule has 8 nitrogen and oxygen atoms in total. The van der Waals surface area contributed by atoms with E-state index in [0.717, 1.165) is 40.4 Å². The number of rotatable bonds is 9. The number of thioether (sulfide) groups is 1. The van der Waals surface area contributed by atoms with Crippen molar-refractivity contribution >= 4 is 40.0 Å². The van der Waals surface area contributed by atoms with Crippen LogP contribution < -0.4 is 10.1 Å². The highest BCUT2D eigenvalue weighted by Gasteiger charge is 2.23. The van der Waals surface area contributed by atoms with Crippen molar-refractivity contribution < 1.29 is 19.1 Å². The van der Waals surface area contributed by atoms with Gasteiger partial charge in [0.25, 0.3) is 0 Å². The number of esters is 1. The molecule has 1 aliphatic rings. The molecule has 186 valence electrons. The molecule has 1 N–H and O–H groups in total. The van der Waals surface area contributed by atoms with E-state index in [2.05, 4.69) is 15.5 Å². The minimum absolute atomic E-state index is 0.138. The van der Waals surface area contributed by atoms with Crippen molar-refractivity contribution in [3.8, 4) is 17.1 Å². The molecule has 2 heterocycles. The molecule has 1 saturated carbocycles. The molecule has 35 heavy (non-hydrogen) atoms. The van der Waals surface area contributed by atoms with Gasteiger partial charge in [-0.25, -0.2) is 4.79 Å². The van der Waals surface area contributed by atoms with Crippen LogP contribution in [-0.2, 0) is 23.0 Å². The molecule has 2 aromatic heterocycles. The summed E-state index contributed by atoms with van der Waals surface area (Å²) in [5, 5.41) is 12.6. The van der Waals surface area contributed by atoms with Crippen molar-refractivity contribution in [2.45, 2.75) is 57.2 Å². The van der Waals surface area contributed by atoms with Crippen LogP contribution in [0, 0.1) is 6.92 Å². The predicted molar refractivity (Wildman–Crippen MR) is 138 cm³/mol. The van der Waals surface area contributed by atoms with Crippen molar-refractivity contribution in [3.63, 3.8) is 0 Å². The van der Waals surface area contributed by atoms with Gasteiger partial charge in [0, 0.05) is 17.5 Å². The molecule has 1 aliphatic carbocycles. The summed E-state index contributed by atoms with van der Waals surface area (Å²) in [4.78, 5) is 25.9. The largest absolute Gasteiger partial charge is 0.490 e. The molecule has 0 unspecified atom stereocenters. The molecule has 0 aliphatic heterocycles. The monoisotopic (exact) mass is 514 g/mol. The normalized spacial score (nSPS) is 13.7. The van der Waals surface area contributed by atoms with Gasteiger partial charge in [-0.2, -0.15) is 0 Å². The molecule has 1 amide bonds. The number of nitrogens with one attached hydrogen (secondary N) is 1. The number of carbonyl (C=O) groups is 2. The second kappa shape index (κ2) is 11.3. The third-order valence-electron chi connectivity index (χ3n) is 6.09. The van der Waals surface area contributed by atoms with Gasteiger partial charge in [-0.15, -0.1) is 21.5 Å². The molecular formula is C25H30N4O4S2. The maximum Gasteiger partial charge on any atom is 0.341 e. The number of aryl methyl sites for hydroxylation is 1. The van der Waals surface area contributed by atoms with Gasteiger partial charge < -0.3 is 19.4 Å². The highest BCUT2D eigenvalue weighted by molar-refractivity contribution is 7.99. The number of methoxy groups -OCH3 is 1. The van der Waals surface area contributed by atoms with Crippen LogP contribution in [0.1, 0.15) is 53.4 Å². The zero-order valence-corrected chi connectivity index (χ0v) is 22.1. The van der Waals surface area contributed by atoms with Crippen molar-refractivity contribution in [2.24, 2.45) is 7.05 Å². The summed E-state index contributed by atoms with van der Waals surface area (Å²) in [7, 11) is 3.22. The van der Waals surface area contributed by atoms with E-state index < -0.39 is 5.97 Å². The van der Waals surface area contributed by atoms with Crippen molar-refractivity contribution in [2.75, 3.05) is 18.2 Å². The van der Waals surface area contributed by atoms with Crippen LogP contribution in [0.4, 0.5) is 5.00 Å². The van der Waals surface area contributed by atoms with Crippen LogP contribution >= 0.6 is 23.1 Å². The molecule has 0 bridgehead atoms. The van der Waals surface area contributed by atoms with E-state index >= 15 is 0 Å². The van der Waals surface area contributed by atoms with E-state index in [-0.39, 0.29) is 11.7 Å². The highest BCUT2D eigenvalue weighted by atomic mass is 32.2. The van der Waals surface area contributed by atoms with E-state index in [1.54, 1.807) is 0 Å². The lowest BCUT2D eigenvalue weighted by Gasteiger charge is -2.13. The number of nitrogens with zero attached hydrogens (tertiary/aromatic N) is 3. The lowest BCUT2D eigenvalue weighted by Crippen LogP contribution is -2.16. The smallest absolute Gasteiger partial charge is 0.341 e. The lowest BCUT2D eigenvalue weighted by molar-refractivity contribution is -0.113. The molecular weight excluding hydrogens is 484 g/mol. The summed E-state index contributed by atoms with van der Waals surface area (Å²) in [5.41, 5.74) is 2.28. The molecule has 1 aromatic carbocycles. The van der Waals surface area contributed by atoms with E-state index in [4.69, 9.17) is 9.47 Å². The number of thiophene rings is 1. The first-order valence-electron chi connectivity index (χ1n) is 11.7. The Morgan fingerprint density at radius 1 is 1.20 bits per heavy atom. The van der Waals surface area contributed by atoms with E-state index in [9.17, 15) is 9.59 Å². The second-order valence-electron chi connectivity index (χ2n) is 8.44. The molecule has 10 heteroatoms. The number of ether oxygens (including phenoxy) is 2. The van der Waals surface area contributed by atoms with Gasteiger partial charge in [-0.1, -0.05) is 18.7 Å². The van der Waals surface area contributed by atoms with Gasteiger partial charge in [0.05, 0.1) is 24.5 Å². The van der Waals surface area contributed by atoms with Crippen LogP contribution in [0.2, 0.25) is 0 Å². The number of amides is 1. The van der Waals surface area contributed by atoms with Crippen LogP contribution in [0.25, 0.3) is 11.4 Å². The van der Waals surface area contributed by atoms with Crippen LogP contribution in [-0.4, -0.2) is 45.6 Å². The van der Waals surface area contributed by atoms with E-state index in [1.165, 1.54) is 43.1 Å². The van der Waals surface area contributed by atoms with Crippen LogP contribution in [0.3, 0.4) is 0 Å². The van der Waals surface area contributed by atoms with Crippen molar-refractivity contribution in [1.29, 1.82) is 0 Å². The average Bonchev–Trinajstić information content (AvgIpc) is 3.57. The Kier molecular flexibility index (Phi) is 8.12. The number of aromatic nitrogens is 3. The maximum atomic E-state index is 12.7. The standard InChI is InChI=1S/C25H30N4O4S2/c1-5-19-15(2)35-23(21(19)24(31)32-4)26-20(30)14-34-25-28-27-22(29(25)3)16-10-12-18(13-11-16)33-17-8-6-7-9-17/h10-13,17H,5-9,14H2,1-4H3,(H,26,30). The van der Waals surface area contributed by atoms with Gasteiger partial charge in [0.15, 0.2) is 11.0 Å². The van der Waals surface area contributed by atoms with Gasteiger partial charge >= 0.3 is 5.97 Å². The van der Waals surface area contributed by atoms with Crippen molar-refractivity contribution in [1.82, 2.24) is 14.8 Å². The van der Waals surface area contributed by atoms with Gasteiger partial charge in [0.2, 0.25) is 5.91 Å². The Morgan fingerprint density at radius 3 is 2.57 bits per heavy atom. The zero-order valence-electron chi connectivity index (χ0n) is 20.4. The lowest BCUT2D eigenvalue weighted by atomic mass is 10.1. The summed E-state index contributed by atoms with van der Waals surface area (Å²) in [5.74, 6) is 1.07. The number of benzene rings is 1. The zero-order chi connectivity index (χ0) is 24.9. The summed E-state index contributed by atoms with van der Waals surface area (Å²) in [6.45, 7) is 3.92. The fraction of sp³-hybridized carbons (Fsp3) is 0.440. The van der Waals surface area contributed by atoms with Crippen LogP contribution in [0.15, 0.2) is 29.4 Å². The highest BCUT2D eigenvalue weighted by Crippen LogP contribution is 2.34. The first kappa shape index (κ1) is 25.2. The molecule has 0 radical (unpaired) electrons. The maximum absolute atomic E-state index is 12.7. The minimum atomic E-state index is -0.438. The molecule has 4 rings (SSSR count). The Bertz CT molecular complexity index is 1200. The predicted octanol–water partition coefficient (Wildman–Crippen LogP) is 5.25. The SMILES string of the molecule is CCc1c(C)sc(NC(=O)CSc2nnc(-c3ccc(OC4CCCC4)cc3)n2C)c1C(=O)OC. The third kappa shape index (κ3) is 5.70. The topological polar surface area (TPSA) is 95.3 Å². The molecule has 3 aromatic rings. The summed E-state index contributed by atoms with van der Waals surface area (Å²) in [6.07, 6.45) is 5.72. The Hall–Kier alpha value is -2.85. The number of anilines is 1. The number of hydrogen-bond donors (Lipinski definition) is 1. The fourth-order valence-corrected chi connectivity index (χ4v) is 6.14. The van der Waals surface area contributed by atoms with Gasteiger partial charge in [-0.05, 0) is 68.9 Å². The van der Waals surface area contributed by atoms with Crippen molar-refractivity contribution in [3.05, 3.63) is 40.3 Å². The first-order valence-corrected chi connectivity index (χ1v) is 13.5. The third-order valence-corrected chi connectivity index (χ3v) is 8.17. The van der Waals surface area contributed by atoms with E-state index in [0.29, 0.717) is 28.2 Å². The Balaban J connectivity index is 1.39. The second-order valence-corrected chi connectivity index (χ2v) is 10.6. The fourth-order valence-electron chi connectivity index (χ4n) is 4.28. The van der Waals surface area contributed by atoms with Crippen LogP contribution in [0.5, 0.6) is 5.75 Å². The minimum Gasteiger partial charge on any atom is -0.490 e. The summed E-state index contributed by atoms with van der Waals surface area (Å²) >= 11 is 2.68. The molecule has 1 fully saturated rings. The van der Waals surface area contributed by atoms with Gasteiger partial charge in [-0.3, -0.25) is 4.79 Å². The number of hydrogen-bond acceptors (Lipinski definition) is 8. The molecule has 0 atom stereocenters.